The fourth-order valence-corrected chi connectivity index (χ4v) is 3.26. The molecular weight excluding hydrogens is 348 g/mol. The van der Waals surface area contributed by atoms with Crippen LogP contribution in [0.15, 0.2) is 66.0 Å². The van der Waals surface area contributed by atoms with Crippen LogP contribution in [0.1, 0.15) is 5.56 Å². The van der Waals surface area contributed by atoms with Crippen molar-refractivity contribution in [3.63, 3.8) is 0 Å². The van der Waals surface area contributed by atoms with Gasteiger partial charge in [0.1, 0.15) is 16.5 Å². The number of rotatable bonds is 5. The molecule has 1 N–H and O–H groups in total. The first-order valence-electron chi connectivity index (χ1n) is 7.26. The number of nitrogens with zero attached hydrogens (tertiary/aromatic N) is 2. The highest BCUT2D eigenvalue weighted by atomic mass is 32.2. The van der Waals surface area contributed by atoms with E-state index >= 15 is 0 Å². The predicted octanol–water partition coefficient (Wildman–Crippen LogP) is 2.90. The molecule has 0 aliphatic carbocycles. The molecule has 25 heavy (non-hydrogen) atoms. The van der Waals surface area contributed by atoms with Crippen LogP contribution in [0.4, 0.5) is 8.78 Å². The number of hydrogen-bond donors (Lipinski definition) is 1. The third-order valence-electron chi connectivity index (χ3n) is 3.43. The van der Waals surface area contributed by atoms with Gasteiger partial charge in [0.15, 0.2) is 0 Å². The molecule has 0 spiro atoms. The molecule has 5 nitrogen and oxygen atoms in total. The Morgan fingerprint density at radius 3 is 2.56 bits per heavy atom. The minimum atomic E-state index is -4.18. The molecule has 8 heteroatoms. The van der Waals surface area contributed by atoms with Crippen molar-refractivity contribution < 1.29 is 17.2 Å². The number of halogens is 2. The first kappa shape index (κ1) is 17.1. The maximum Gasteiger partial charge on any atom is 0.243 e. The van der Waals surface area contributed by atoms with E-state index < -0.39 is 26.6 Å². The molecule has 2 heterocycles. The SMILES string of the molecule is O=S(=O)(NCc1ccc(-c2cccnc2)nc1)c1cc(F)ccc1F. The van der Waals surface area contributed by atoms with E-state index in [-0.39, 0.29) is 6.54 Å². The summed E-state index contributed by atoms with van der Waals surface area (Å²) in [5.41, 5.74) is 2.10. The summed E-state index contributed by atoms with van der Waals surface area (Å²) in [6, 6.07) is 9.32. The molecule has 128 valence electrons. The molecule has 0 amide bonds. The summed E-state index contributed by atoms with van der Waals surface area (Å²) in [5.74, 6) is -1.84. The molecule has 0 fully saturated rings. The van der Waals surface area contributed by atoms with Crippen LogP contribution < -0.4 is 4.72 Å². The average molecular weight is 361 g/mol. The Balaban J connectivity index is 1.74. The Morgan fingerprint density at radius 2 is 1.88 bits per heavy atom. The maximum absolute atomic E-state index is 13.6. The van der Waals surface area contributed by atoms with Gasteiger partial charge in [0.2, 0.25) is 10.0 Å². The van der Waals surface area contributed by atoms with Crippen molar-refractivity contribution in [2.75, 3.05) is 0 Å². The van der Waals surface area contributed by atoms with Crippen LogP contribution >= 0.6 is 0 Å². The lowest BCUT2D eigenvalue weighted by molar-refractivity contribution is 0.545. The Bertz CT molecular complexity index is 979. The minimum absolute atomic E-state index is 0.0986. The van der Waals surface area contributed by atoms with Crippen LogP contribution in [0.2, 0.25) is 0 Å². The van der Waals surface area contributed by atoms with Crippen LogP contribution in [0.3, 0.4) is 0 Å². The van der Waals surface area contributed by atoms with E-state index in [1.807, 2.05) is 6.07 Å². The second kappa shape index (κ2) is 7.04. The van der Waals surface area contributed by atoms with E-state index in [2.05, 4.69) is 14.7 Å². The summed E-state index contributed by atoms with van der Waals surface area (Å²) in [5, 5.41) is 0. The van der Waals surface area contributed by atoms with E-state index in [0.29, 0.717) is 17.3 Å². The van der Waals surface area contributed by atoms with E-state index in [4.69, 9.17) is 0 Å². The van der Waals surface area contributed by atoms with E-state index in [9.17, 15) is 17.2 Å². The van der Waals surface area contributed by atoms with Crippen molar-refractivity contribution in [3.8, 4) is 11.3 Å². The summed E-state index contributed by atoms with van der Waals surface area (Å²) in [4.78, 5) is 7.52. The van der Waals surface area contributed by atoms with E-state index in [1.165, 1.54) is 6.20 Å². The fourth-order valence-electron chi connectivity index (χ4n) is 2.15. The Kier molecular flexibility index (Phi) is 4.82. The summed E-state index contributed by atoms with van der Waals surface area (Å²) in [7, 11) is -4.18. The van der Waals surface area contributed by atoms with Gasteiger partial charge in [-0.15, -0.1) is 0 Å². The van der Waals surface area contributed by atoms with Gasteiger partial charge in [-0.1, -0.05) is 6.07 Å². The second-order valence-electron chi connectivity index (χ2n) is 5.19. The summed E-state index contributed by atoms with van der Waals surface area (Å²) < 4.78 is 53.3. The van der Waals surface area contributed by atoms with Gasteiger partial charge in [-0.2, -0.15) is 0 Å². The zero-order chi connectivity index (χ0) is 17.9. The van der Waals surface area contributed by atoms with Gasteiger partial charge in [-0.05, 0) is 42.0 Å². The average Bonchev–Trinajstić information content (AvgIpc) is 2.63. The number of hydrogen-bond acceptors (Lipinski definition) is 4. The minimum Gasteiger partial charge on any atom is -0.264 e. The van der Waals surface area contributed by atoms with Crippen molar-refractivity contribution in [2.24, 2.45) is 0 Å². The quantitative estimate of drug-likeness (QED) is 0.758. The molecule has 0 saturated carbocycles. The molecular formula is C17H13F2N3O2S. The van der Waals surface area contributed by atoms with Crippen molar-refractivity contribution >= 4 is 10.0 Å². The smallest absolute Gasteiger partial charge is 0.243 e. The van der Waals surface area contributed by atoms with Crippen LogP contribution in [0.5, 0.6) is 0 Å². The number of benzene rings is 1. The molecule has 3 rings (SSSR count). The Hall–Kier alpha value is -2.71. The third-order valence-corrected chi connectivity index (χ3v) is 4.85. The molecule has 2 aromatic heterocycles. The molecule has 0 atom stereocenters. The highest BCUT2D eigenvalue weighted by molar-refractivity contribution is 7.89. The Labute approximate surface area is 143 Å². The zero-order valence-electron chi connectivity index (χ0n) is 12.9. The molecule has 3 aromatic rings. The maximum atomic E-state index is 13.6. The number of aromatic nitrogens is 2. The van der Waals surface area contributed by atoms with Crippen molar-refractivity contribution in [2.45, 2.75) is 11.4 Å². The molecule has 0 bridgehead atoms. The lowest BCUT2D eigenvalue weighted by atomic mass is 10.1. The third kappa shape index (κ3) is 4.04. The molecule has 0 radical (unpaired) electrons. The summed E-state index contributed by atoms with van der Waals surface area (Å²) in [6.07, 6.45) is 4.82. The van der Waals surface area contributed by atoms with Gasteiger partial charge in [0.25, 0.3) is 0 Å². The van der Waals surface area contributed by atoms with E-state index in [0.717, 1.165) is 17.7 Å². The first-order valence-corrected chi connectivity index (χ1v) is 8.74. The second-order valence-corrected chi connectivity index (χ2v) is 6.93. The van der Waals surface area contributed by atoms with Crippen LogP contribution in [-0.2, 0) is 16.6 Å². The van der Waals surface area contributed by atoms with Gasteiger partial charge in [-0.3, -0.25) is 9.97 Å². The Morgan fingerprint density at radius 1 is 1.04 bits per heavy atom. The highest BCUT2D eigenvalue weighted by Crippen LogP contribution is 2.17. The lowest BCUT2D eigenvalue weighted by Gasteiger charge is -2.08. The first-order chi connectivity index (χ1) is 12.0. The predicted molar refractivity (Wildman–Crippen MR) is 87.9 cm³/mol. The van der Waals surface area contributed by atoms with Gasteiger partial charge < -0.3 is 0 Å². The van der Waals surface area contributed by atoms with Gasteiger partial charge in [0, 0.05) is 30.7 Å². The molecule has 0 saturated heterocycles. The van der Waals surface area contributed by atoms with Crippen molar-refractivity contribution in [1.82, 2.24) is 14.7 Å². The van der Waals surface area contributed by atoms with Crippen LogP contribution in [0, 0.1) is 11.6 Å². The monoisotopic (exact) mass is 361 g/mol. The molecule has 0 unspecified atom stereocenters. The van der Waals surface area contributed by atoms with Gasteiger partial charge in [0.05, 0.1) is 5.69 Å². The number of sulfonamides is 1. The molecule has 0 aliphatic rings. The van der Waals surface area contributed by atoms with Crippen molar-refractivity contribution in [3.05, 3.63) is 78.3 Å². The topological polar surface area (TPSA) is 72.0 Å². The van der Waals surface area contributed by atoms with Gasteiger partial charge >= 0.3 is 0 Å². The van der Waals surface area contributed by atoms with Gasteiger partial charge in [-0.25, -0.2) is 21.9 Å². The molecule has 1 aromatic carbocycles. The summed E-state index contributed by atoms with van der Waals surface area (Å²) >= 11 is 0. The van der Waals surface area contributed by atoms with E-state index in [1.54, 1.807) is 30.6 Å². The standard InChI is InChI=1S/C17H13F2N3O2S/c18-14-4-5-15(19)17(8-14)25(23,24)22-10-12-3-6-16(21-9-12)13-2-1-7-20-11-13/h1-9,11,22H,10H2. The number of nitrogens with one attached hydrogen (secondary N) is 1. The normalized spacial score (nSPS) is 11.4. The fraction of sp³-hybridized carbons (Fsp3) is 0.0588. The number of pyridine rings is 2. The largest absolute Gasteiger partial charge is 0.264 e. The van der Waals surface area contributed by atoms with Crippen LogP contribution in [0.25, 0.3) is 11.3 Å². The summed E-state index contributed by atoms with van der Waals surface area (Å²) in [6.45, 7) is -0.0986. The molecule has 0 aliphatic heterocycles. The van der Waals surface area contributed by atoms with Crippen molar-refractivity contribution in [1.29, 1.82) is 0 Å². The zero-order valence-corrected chi connectivity index (χ0v) is 13.7. The van der Waals surface area contributed by atoms with Crippen LogP contribution in [-0.4, -0.2) is 18.4 Å². The highest BCUT2D eigenvalue weighted by Gasteiger charge is 2.19. The lowest BCUT2D eigenvalue weighted by Crippen LogP contribution is -2.24.